The average molecular weight is 353 g/mol. The second-order valence-corrected chi connectivity index (χ2v) is 5.86. The summed E-state index contributed by atoms with van der Waals surface area (Å²) in [6, 6.07) is 3.66. The number of pyridine rings is 1. The summed E-state index contributed by atoms with van der Waals surface area (Å²) in [5.41, 5.74) is 2.70. The highest BCUT2D eigenvalue weighted by molar-refractivity contribution is 5.96. The summed E-state index contributed by atoms with van der Waals surface area (Å²) in [7, 11) is 0. The van der Waals surface area contributed by atoms with Gasteiger partial charge in [-0.2, -0.15) is 10.2 Å². The molecule has 0 spiro atoms. The van der Waals surface area contributed by atoms with Gasteiger partial charge >= 0.3 is 0 Å². The summed E-state index contributed by atoms with van der Waals surface area (Å²) in [4.78, 5) is 32.2. The number of aromatic nitrogens is 6. The van der Waals surface area contributed by atoms with Gasteiger partial charge in [0.1, 0.15) is 19.2 Å². The van der Waals surface area contributed by atoms with E-state index in [0.717, 1.165) is 5.56 Å². The van der Waals surface area contributed by atoms with E-state index in [9.17, 15) is 9.59 Å². The minimum Gasteiger partial charge on any atom is -0.350 e. The lowest BCUT2D eigenvalue weighted by atomic mass is 10.1. The fourth-order valence-corrected chi connectivity index (χ4v) is 2.84. The van der Waals surface area contributed by atoms with E-state index in [1.54, 1.807) is 41.8 Å². The van der Waals surface area contributed by atoms with Gasteiger partial charge < -0.3 is 5.32 Å². The minimum atomic E-state index is -0.209. The van der Waals surface area contributed by atoms with Gasteiger partial charge in [-0.25, -0.2) is 14.6 Å². The maximum absolute atomic E-state index is 12.3. The Morgan fingerprint density at radius 2 is 2.08 bits per heavy atom. The molecular formula is C17H19N7O2. The van der Waals surface area contributed by atoms with E-state index in [4.69, 9.17) is 0 Å². The van der Waals surface area contributed by atoms with E-state index < -0.39 is 0 Å². The molecule has 1 N–H and O–H groups in total. The van der Waals surface area contributed by atoms with Crippen molar-refractivity contribution in [2.75, 3.05) is 0 Å². The summed E-state index contributed by atoms with van der Waals surface area (Å²) in [5, 5.41) is 11.2. The first kappa shape index (κ1) is 17.5. The quantitative estimate of drug-likeness (QED) is 0.662. The van der Waals surface area contributed by atoms with Gasteiger partial charge in [0.05, 0.1) is 11.3 Å². The van der Waals surface area contributed by atoms with Crippen LogP contribution in [0.1, 0.15) is 34.2 Å². The van der Waals surface area contributed by atoms with Crippen molar-refractivity contribution in [1.29, 1.82) is 0 Å². The molecule has 0 saturated carbocycles. The number of hydrogen-bond donors (Lipinski definition) is 1. The molecule has 0 aliphatic carbocycles. The molecule has 3 heterocycles. The Bertz CT molecular complexity index is 944. The molecule has 0 bridgehead atoms. The monoisotopic (exact) mass is 353 g/mol. The highest BCUT2D eigenvalue weighted by atomic mass is 16.2. The molecule has 9 heteroatoms. The molecular weight excluding hydrogens is 334 g/mol. The lowest BCUT2D eigenvalue weighted by Crippen LogP contribution is -2.28. The predicted octanol–water partition coefficient (Wildman–Crippen LogP) is 0.995. The second kappa shape index (κ2) is 7.26. The summed E-state index contributed by atoms with van der Waals surface area (Å²) < 4.78 is 3.09. The van der Waals surface area contributed by atoms with Crippen molar-refractivity contribution in [3.8, 4) is 5.82 Å². The highest BCUT2D eigenvalue weighted by Gasteiger charge is 2.17. The molecule has 1 amide bonds. The van der Waals surface area contributed by atoms with Crippen LogP contribution in [-0.2, 0) is 17.9 Å². The smallest absolute Gasteiger partial charge is 0.242 e. The van der Waals surface area contributed by atoms with Gasteiger partial charge in [-0.3, -0.25) is 14.3 Å². The van der Waals surface area contributed by atoms with Gasteiger partial charge in [0.25, 0.3) is 0 Å². The van der Waals surface area contributed by atoms with Crippen LogP contribution in [-0.4, -0.2) is 41.2 Å². The number of nitrogens with zero attached hydrogens (tertiary/aromatic N) is 6. The van der Waals surface area contributed by atoms with Crippen LogP contribution in [0.25, 0.3) is 5.82 Å². The Morgan fingerprint density at radius 3 is 2.73 bits per heavy atom. The second-order valence-electron chi connectivity index (χ2n) is 5.86. The van der Waals surface area contributed by atoms with E-state index in [0.29, 0.717) is 29.3 Å². The molecule has 26 heavy (non-hydrogen) atoms. The molecule has 9 nitrogen and oxygen atoms in total. The maximum Gasteiger partial charge on any atom is 0.242 e. The van der Waals surface area contributed by atoms with Crippen LogP contribution in [0, 0.1) is 13.8 Å². The molecule has 0 fully saturated rings. The number of rotatable bonds is 6. The van der Waals surface area contributed by atoms with Crippen LogP contribution in [0.2, 0.25) is 0 Å². The summed E-state index contributed by atoms with van der Waals surface area (Å²) in [6.45, 7) is 5.38. The van der Waals surface area contributed by atoms with Crippen LogP contribution >= 0.6 is 0 Å². The van der Waals surface area contributed by atoms with Gasteiger partial charge in [0.2, 0.25) is 5.91 Å². The van der Waals surface area contributed by atoms with Gasteiger partial charge in [-0.15, -0.1) is 0 Å². The van der Waals surface area contributed by atoms with Gasteiger partial charge in [-0.1, -0.05) is 6.07 Å². The molecule has 0 unspecified atom stereocenters. The Balaban J connectivity index is 1.70. The fraction of sp³-hybridized carbons (Fsp3) is 0.294. The highest BCUT2D eigenvalue weighted by Crippen LogP contribution is 2.13. The third-order valence-corrected chi connectivity index (χ3v) is 4.01. The van der Waals surface area contributed by atoms with Crippen molar-refractivity contribution in [2.45, 2.75) is 33.9 Å². The van der Waals surface area contributed by atoms with Crippen LogP contribution in [0.3, 0.4) is 0 Å². The Hall–Kier alpha value is -3.36. The molecule has 0 radical (unpaired) electrons. The number of carbonyl (C=O) groups excluding carboxylic acids is 2. The number of hydrogen-bond acceptors (Lipinski definition) is 6. The summed E-state index contributed by atoms with van der Waals surface area (Å²) >= 11 is 0. The van der Waals surface area contributed by atoms with Gasteiger partial charge in [0, 0.05) is 24.0 Å². The topological polar surface area (TPSA) is 108 Å². The van der Waals surface area contributed by atoms with E-state index in [1.807, 2.05) is 6.07 Å². The third-order valence-electron chi connectivity index (χ3n) is 4.01. The molecule has 134 valence electrons. The number of carbonyl (C=O) groups is 2. The average Bonchev–Trinajstić information content (AvgIpc) is 3.22. The van der Waals surface area contributed by atoms with Gasteiger partial charge in [0.15, 0.2) is 11.6 Å². The largest absolute Gasteiger partial charge is 0.350 e. The molecule has 0 aromatic carbocycles. The SMILES string of the molecule is CC(=O)c1c(C)nn(CC(=O)NCc2cccnc2-n2cncn2)c1C. The van der Waals surface area contributed by atoms with E-state index in [2.05, 4.69) is 25.5 Å². The van der Waals surface area contributed by atoms with Crippen LogP contribution in [0.15, 0.2) is 31.0 Å². The zero-order chi connectivity index (χ0) is 18.7. The Labute approximate surface area is 150 Å². The molecule has 0 saturated heterocycles. The number of ketones is 1. The summed E-state index contributed by atoms with van der Waals surface area (Å²) in [5.74, 6) is 0.342. The predicted molar refractivity (Wildman–Crippen MR) is 92.7 cm³/mol. The Morgan fingerprint density at radius 1 is 1.27 bits per heavy atom. The first-order valence-electron chi connectivity index (χ1n) is 8.08. The van der Waals surface area contributed by atoms with Crippen molar-refractivity contribution in [2.24, 2.45) is 0 Å². The third kappa shape index (κ3) is 3.51. The van der Waals surface area contributed by atoms with Crippen molar-refractivity contribution in [1.82, 2.24) is 34.8 Å². The van der Waals surface area contributed by atoms with Crippen molar-refractivity contribution < 1.29 is 9.59 Å². The fourth-order valence-electron chi connectivity index (χ4n) is 2.84. The lowest BCUT2D eigenvalue weighted by Gasteiger charge is -2.10. The van der Waals surface area contributed by atoms with E-state index in [-0.39, 0.29) is 18.2 Å². The summed E-state index contributed by atoms with van der Waals surface area (Å²) in [6.07, 6.45) is 4.63. The van der Waals surface area contributed by atoms with E-state index >= 15 is 0 Å². The number of nitrogens with one attached hydrogen (secondary N) is 1. The standard InChI is InChI=1S/C17H19N7O2/c1-11-16(13(3)25)12(2)23(22-11)8-15(26)20-7-14-5-4-6-19-17(14)24-10-18-9-21-24/h4-6,9-10H,7-8H2,1-3H3,(H,20,26). The number of Topliss-reactive ketones (excluding diaryl/α,β-unsaturated/α-hetero) is 1. The number of aryl methyl sites for hydroxylation is 1. The van der Waals surface area contributed by atoms with Gasteiger partial charge in [-0.05, 0) is 26.8 Å². The molecule has 0 aliphatic rings. The van der Waals surface area contributed by atoms with Crippen molar-refractivity contribution in [3.05, 3.63) is 53.5 Å². The van der Waals surface area contributed by atoms with Crippen molar-refractivity contribution in [3.63, 3.8) is 0 Å². The molecule has 3 aromatic rings. The molecule has 3 aromatic heterocycles. The normalized spacial score (nSPS) is 10.7. The molecule has 0 aliphatic heterocycles. The lowest BCUT2D eigenvalue weighted by molar-refractivity contribution is -0.122. The maximum atomic E-state index is 12.3. The van der Waals surface area contributed by atoms with Crippen molar-refractivity contribution >= 4 is 11.7 Å². The van der Waals surface area contributed by atoms with Crippen LogP contribution < -0.4 is 5.32 Å². The molecule has 0 atom stereocenters. The first-order valence-corrected chi connectivity index (χ1v) is 8.08. The zero-order valence-electron chi connectivity index (χ0n) is 14.8. The Kier molecular flexibility index (Phi) is 4.87. The molecule has 3 rings (SSSR count). The zero-order valence-corrected chi connectivity index (χ0v) is 14.8. The van der Waals surface area contributed by atoms with Crippen LogP contribution in [0.4, 0.5) is 0 Å². The minimum absolute atomic E-state index is 0.0405. The van der Waals surface area contributed by atoms with Crippen LogP contribution in [0.5, 0.6) is 0 Å². The van der Waals surface area contributed by atoms with E-state index in [1.165, 1.54) is 13.3 Å². The first-order chi connectivity index (χ1) is 12.5. The number of amides is 1.